The van der Waals surface area contributed by atoms with E-state index in [4.69, 9.17) is 4.74 Å². The van der Waals surface area contributed by atoms with Crippen LogP contribution in [0.25, 0.3) is 11.1 Å². The molecule has 3 aromatic carbocycles. The van der Waals surface area contributed by atoms with Crippen molar-refractivity contribution in [1.29, 1.82) is 0 Å². The van der Waals surface area contributed by atoms with Gasteiger partial charge in [0.15, 0.2) is 0 Å². The third kappa shape index (κ3) is 8.04. The lowest BCUT2D eigenvalue weighted by atomic mass is 9.85. The van der Waals surface area contributed by atoms with Crippen molar-refractivity contribution < 1.29 is 36.6 Å². The highest BCUT2D eigenvalue weighted by atomic mass is 19.4. The second-order valence-electron chi connectivity index (χ2n) is 10.6. The molecule has 0 heterocycles. The fourth-order valence-corrected chi connectivity index (χ4v) is 4.63. The maximum absolute atomic E-state index is 14.7. The zero-order valence-corrected chi connectivity index (χ0v) is 22.4. The van der Waals surface area contributed by atoms with E-state index in [-0.39, 0.29) is 30.2 Å². The first-order chi connectivity index (χ1) is 18.3. The molecule has 0 aliphatic heterocycles. The Bertz CT molecular complexity index is 1250. The summed E-state index contributed by atoms with van der Waals surface area (Å²) in [4.78, 5) is 12.3. The summed E-state index contributed by atoms with van der Waals surface area (Å²) in [6, 6.07) is 13.9. The molecule has 2 atom stereocenters. The lowest BCUT2D eigenvalue weighted by Gasteiger charge is -2.27. The minimum Gasteiger partial charge on any atom is -0.485 e. The SMILES string of the molecule is CC(C)CCC(Oc1cc(-c2ccccc2)cc(C(CC(C)C)C(=O)O)c1C(F)(F)F)c1cc(F)cc(F)c1. The van der Waals surface area contributed by atoms with E-state index >= 15 is 0 Å². The van der Waals surface area contributed by atoms with Gasteiger partial charge in [0, 0.05) is 6.07 Å². The molecule has 3 aromatic rings. The number of carbonyl (C=O) groups is 1. The van der Waals surface area contributed by atoms with Gasteiger partial charge in [0.1, 0.15) is 29.1 Å². The van der Waals surface area contributed by atoms with Gasteiger partial charge in [0.25, 0.3) is 0 Å². The van der Waals surface area contributed by atoms with Crippen LogP contribution in [0.5, 0.6) is 5.75 Å². The monoisotopic (exact) mass is 548 g/mol. The summed E-state index contributed by atoms with van der Waals surface area (Å²) in [5.74, 6) is -5.22. The van der Waals surface area contributed by atoms with Crippen molar-refractivity contribution in [3.05, 3.63) is 89.0 Å². The molecule has 3 nitrogen and oxygen atoms in total. The van der Waals surface area contributed by atoms with Crippen molar-refractivity contribution in [3.63, 3.8) is 0 Å². The number of hydrogen-bond acceptors (Lipinski definition) is 2. The van der Waals surface area contributed by atoms with Gasteiger partial charge in [-0.05, 0) is 77.6 Å². The molecule has 1 N–H and O–H groups in total. The molecule has 0 radical (unpaired) electrons. The second kappa shape index (κ2) is 12.6. The van der Waals surface area contributed by atoms with E-state index in [0.717, 1.165) is 12.1 Å². The first kappa shape index (κ1) is 30.1. The van der Waals surface area contributed by atoms with Crippen molar-refractivity contribution in [2.75, 3.05) is 0 Å². The predicted octanol–water partition coefficient (Wildman–Crippen LogP) is 9.42. The molecular weight excluding hydrogens is 515 g/mol. The Morgan fingerprint density at radius 1 is 0.846 bits per heavy atom. The lowest BCUT2D eigenvalue weighted by molar-refractivity contribution is -0.142. The van der Waals surface area contributed by atoms with Crippen LogP contribution in [-0.2, 0) is 11.0 Å². The van der Waals surface area contributed by atoms with Crippen LogP contribution in [0.3, 0.4) is 0 Å². The summed E-state index contributed by atoms with van der Waals surface area (Å²) in [5.41, 5.74) is -0.627. The average Bonchev–Trinajstić information content (AvgIpc) is 2.83. The first-order valence-electron chi connectivity index (χ1n) is 12.9. The molecular formula is C31H33F5O3. The molecule has 3 rings (SSSR count). The maximum Gasteiger partial charge on any atom is 0.420 e. The Kier molecular flexibility index (Phi) is 9.75. The first-order valence-corrected chi connectivity index (χ1v) is 12.9. The van der Waals surface area contributed by atoms with Crippen molar-refractivity contribution in [1.82, 2.24) is 0 Å². The van der Waals surface area contributed by atoms with Crippen LogP contribution in [-0.4, -0.2) is 11.1 Å². The van der Waals surface area contributed by atoms with E-state index in [2.05, 4.69) is 0 Å². The van der Waals surface area contributed by atoms with E-state index in [1.54, 1.807) is 44.2 Å². The fraction of sp³-hybridized carbons (Fsp3) is 0.387. The Labute approximate surface area is 225 Å². The topological polar surface area (TPSA) is 46.5 Å². The van der Waals surface area contributed by atoms with Crippen LogP contribution in [0.2, 0.25) is 0 Å². The zero-order valence-electron chi connectivity index (χ0n) is 22.4. The molecule has 0 fully saturated rings. The van der Waals surface area contributed by atoms with Crippen LogP contribution >= 0.6 is 0 Å². The Balaban J connectivity index is 2.30. The van der Waals surface area contributed by atoms with Gasteiger partial charge in [0.2, 0.25) is 0 Å². The van der Waals surface area contributed by atoms with Crippen molar-refractivity contribution in [2.45, 2.75) is 65.2 Å². The van der Waals surface area contributed by atoms with Crippen molar-refractivity contribution in [2.24, 2.45) is 11.8 Å². The molecule has 2 unspecified atom stereocenters. The summed E-state index contributed by atoms with van der Waals surface area (Å²) in [6.07, 6.45) is -5.38. The number of carboxylic acids is 1. The van der Waals surface area contributed by atoms with Crippen LogP contribution in [0, 0.1) is 23.5 Å². The quantitative estimate of drug-likeness (QED) is 0.243. The predicted molar refractivity (Wildman–Crippen MR) is 141 cm³/mol. The molecule has 0 aliphatic rings. The number of ether oxygens (including phenoxy) is 1. The fourth-order valence-electron chi connectivity index (χ4n) is 4.63. The van der Waals surface area contributed by atoms with Gasteiger partial charge >= 0.3 is 12.1 Å². The molecule has 0 amide bonds. The maximum atomic E-state index is 14.7. The summed E-state index contributed by atoms with van der Waals surface area (Å²) in [5, 5.41) is 9.99. The molecule has 0 saturated carbocycles. The number of carboxylic acid groups (broad SMARTS) is 1. The average molecular weight is 549 g/mol. The summed E-state index contributed by atoms with van der Waals surface area (Å²) in [6.45, 7) is 7.31. The molecule has 0 aromatic heterocycles. The van der Waals surface area contributed by atoms with Gasteiger partial charge in [-0.1, -0.05) is 58.0 Å². The number of rotatable bonds is 11. The molecule has 39 heavy (non-hydrogen) atoms. The largest absolute Gasteiger partial charge is 0.485 e. The van der Waals surface area contributed by atoms with Gasteiger partial charge < -0.3 is 9.84 Å². The molecule has 0 aliphatic carbocycles. The number of hydrogen-bond donors (Lipinski definition) is 1. The summed E-state index contributed by atoms with van der Waals surface area (Å²) in [7, 11) is 0. The van der Waals surface area contributed by atoms with Crippen LogP contribution < -0.4 is 4.74 Å². The minimum atomic E-state index is -4.96. The summed E-state index contributed by atoms with van der Waals surface area (Å²) < 4.78 is 78.4. The van der Waals surface area contributed by atoms with Gasteiger partial charge in [-0.2, -0.15) is 13.2 Å². The third-order valence-electron chi connectivity index (χ3n) is 6.44. The molecule has 8 heteroatoms. The van der Waals surface area contributed by atoms with Crippen molar-refractivity contribution in [3.8, 4) is 16.9 Å². The second-order valence-corrected chi connectivity index (χ2v) is 10.6. The Morgan fingerprint density at radius 3 is 1.97 bits per heavy atom. The highest BCUT2D eigenvalue weighted by Gasteiger charge is 2.41. The number of halogens is 5. The lowest BCUT2D eigenvalue weighted by Crippen LogP contribution is -2.21. The van der Waals surface area contributed by atoms with E-state index in [1.165, 1.54) is 12.1 Å². The molecule has 0 saturated heterocycles. The Morgan fingerprint density at radius 2 is 1.46 bits per heavy atom. The minimum absolute atomic E-state index is 0.0258. The highest BCUT2D eigenvalue weighted by Crippen LogP contribution is 2.46. The van der Waals surface area contributed by atoms with E-state index in [9.17, 15) is 31.9 Å². The molecule has 0 spiro atoms. The van der Waals surface area contributed by atoms with E-state index in [1.807, 2.05) is 13.8 Å². The normalized spacial score (nSPS) is 13.5. The van der Waals surface area contributed by atoms with Crippen LogP contribution in [0.15, 0.2) is 60.7 Å². The molecule has 0 bridgehead atoms. The van der Waals surface area contributed by atoms with E-state index < -0.39 is 52.7 Å². The van der Waals surface area contributed by atoms with Gasteiger partial charge in [-0.3, -0.25) is 4.79 Å². The number of benzene rings is 3. The zero-order chi connectivity index (χ0) is 28.9. The number of alkyl halides is 3. The standard InChI is InChI=1S/C31H33F5O3/c1-18(2)10-11-27(22-13-23(32)17-24(33)14-22)39-28-16-21(20-8-6-5-7-9-20)15-25(29(28)31(34,35)36)26(30(37)38)12-19(3)4/h5-9,13-19,26-27H,10-12H2,1-4H3,(H,37,38). The molecule has 210 valence electrons. The van der Waals surface area contributed by atoms with Crippen LogP contribution in [0.4, 0.5) is 22.0 Å². The van der Waals surface area contributed by atoms with Crippen molar-refractivity contribution >= 4 is 5.97 Å². The smallest absolute Gasteiger partial charge is 0.420 e. The third-order valence-corrected chi connectivity index (χ3v) is 6.44. The number of aliphatic carboxylic acids is 1. The van der Waals surface area contributed by atoms with Gasteiger partial charge in [-0.25, -0.2) is 8.78 Å². The van der Waals surface area contributed by atoms with Gasteiger partial charge in [0.05, 0.1) is 5.92 Å². The van der Waals surface area contributed by atoms with Crippen LogP contribution in [0.1, 0.15) is 75.7 Å². The highest BCUT2D eigenvalue weighted by molar-refractivity contribution is 5.79. The Hall–Kier alpha value is -3.42. The summed E-state index contributed by atoms with van der Waals surface area (Å²) >= 11 is 0. The van der Waals surface area contributed by atoms with E-state index in [0.29, 0.717) is 23.6 Å². The van der Waals surface area contributed by atoms with Gasteiger partial charge in [-0.15, -0.1) is 0 Å².